The molecule has 0 unspecified atom stereocenters. The molecule has 0 bridgehead atoms. The van der Waals surface area contributed by atoms with Crippen molar-refractivity contribution in [3.63, 3.8) is 0 Å². The molecule has 0 N–H and O–H groups in total. The van der Waals surface area contributed by atoms with Crippen molar-refractivity contribution in [2.45, 2.75) is 20.5 Å². The molecule has 4 nitrogen and oxygen atoms in total. The fraction of sp³-hybridized carbons (Fsp3) is 0.158. The molecule has 2 heterocycles. The molecule has 2 aromatic heterocycles. The van der Waals surface area contributed by atoms with Gasteiger partial charge in [0.05, 0.1) is 10.6 Å². The minimum absolute atomic E-state index is 0.261. The molecule has 3 rings (SSSR count). The van der Waals surface area contributed by atoms with Gasteiger partial charge in [0.2, 0.25) is 0 Å². The van der Waals surface area contributed by atoms with Crippen molar-refractivity contribution in [2.24, 2.45) is 0 Å². The van der Waals surface area contributed by atoms with Crippen LogP contribution in [-0.4, -0.2) is 4.98 Å². The van der Waals surface area contributed by atoms with E-state index in [2.05, 4.69) is 11.1 Å². The highest BCUT2D eigenvalue weighted by molar-refractivity contribution is 7.11. The van der Waals surface area contributed by atoms with Crippen LogP contribution < -0.4 is 4.74 Å². The van der Waals surface area contributed by atoms with E-state index in [-0.39, 0.29) is 6.61 Å². The Morgan fingerprint density at radius 1 is 1.36 bits per heavy atom. The molecule has 0 spiro atoms. The van der Waals surface area contributed by atoms with Gasteiger partial charge in [-0.05, 0) is 37.6 Å². The maximum absolute atomic E-state index is 9.34. The zero-order chi connectivity index (χ0) is 17.8. The molecule has 0 aliphatic heterocycles. The third-order valence-electron chi connectivity index (χ3n) is 3.46. The number of furan rings is 1. The van der Waals surface area contributed by atoms with E-state index in [0.717, 1.165) is 11.3 Å². The average Bonchev–Trinajstić information content (AvgIpc) is 3.21. The number of nitriles is 1. The quantitative estimate of drug-likeness (QED) is 0.544. The monoisotopic (exact) mass is 370 g/mol. The molecule has 0 saturated carbocycles. The van der Waals surface area contributed by atoms with Gasteiger partial charge in [0, 0.05) is 17.2 Å². The van der Waals surface area contributed by atoms with E-state index in [1.165, 1.54) is 11.3 Å². The first-order valence-corrected chi connectivity index (χ1v) is 8.83. The van der Waals surface area contributed by atoms with E-state index in [1.54, 1.807) is 18.2 Å². The summed E-state index contributed by atoms with van der Waals surface area (Å²) in [6.07, 6.45) is 1.68. The number of thiazole rings is 1. The predicted molar refractivity (Wildman–Crippen MR) is 99.6 cm³/mol. The standard InChI is InChI=1S/C19H15ClN2O2S/c1-12-4-3-5-17(20)18(12)23-10-16-7-6-15(24-16)8-14(9-21)19-22-13(2)11-25-19/h3-8,11H,10H2,1-2H3. The molecule has 0 radical (unpaired) electrons. The van der Waals surface area contributed by atoms with Gasteiger partial charge in [0.15, 0.2) is 0 Å². The number of aryl methyl sites for hydroxylation is 2. The van der Waals surface area contributed by atoms with Gasteiger partial charge in [-0.3, -0.25) is 0 Å². The third-order valence-corrected chi connectivity index (χ3v) is 4.75. The molecule has 0 aliphatic rings. The lowest BCUT2D eigenvalue weighted by Gasteiger charge is -2.09. The van der Waals surface area contributed by atoms with Crippen LogP contribution in [0.3, 0.4) is 0 Å². The summed E-state index contributed by atoms with van der Waals surface area (Å²) in [6.45, 7) is 4.09. The molecule has 126 valence electrons. The topological polar surface area (TPSA) is 59.0 Å². The Labute approximate surface area is 155 Å². The van der Waals surface area contributed by atoms with Gasteiger partial charge in [-0.15, -0.1) is 11.3 Å². The second-order valence-corrected chi connectivity index (χ2v) is 6.71. The number of ether oxygens (including phenoxy) is 1. The first-order chi connectivity index (χ1) is 12.1. The van der Waals surface area contributed by atoms with Crippen LogP contribution >= 0.6 is 22.9 Å². The van der Waals surface area contributed by atoms with Crippen molar-refractivity contribution >= 4 is 34.6 Å². The smallest absolute Gasteiger partial charge is 0.146 e. The maximum atomic E-state index is 9.34. The SMILES string of the molecule is Cc1csc(C(C#N)=Cc2ccc(COc3c(C)cccc3Cl)o2)n1. The Morgan fingerprint density at radius 3 is 2.88 bits per heavy atom. The van der Waals surface area contributed by atoms with Gasteiger partial charge in [-0.25, -0.2) is 4.98 Å². The molecule has 0 amide bonds. The van der Waals surface area contributed by atoms with Crippen molar-refractivity contribution < 1.29 is 9.15 Å². The highest BCUT2D eigenvalue weighted by Crippen LogP contribution is 2.29. The van der Waals surface area contributed by atoms with Gasteiger partial charge < -0.3 is 9.15 Å². The summed E-state index contributed by atoms with van der Waals surface area (Å²) in [7, 11) is 0. The first kappa shape index (κ1) is 17.3. The average molecular weight is 371 g/mol. The zero-order valence-electron chi connectivity index (χ0n) is 13.7. The molecule has 0 fully saturated rings. The van der Waals surface area contributed by atoms with Gasteiger partial charge in [-0.2, -0.15) is 5.26 Å². The fourth-order valence-corrected chi connectivity index (χ4v) is 3.29. The first-order valence-electron chi connectivity index (χ1n) is 7.57. The Balaban J connectivity index is 1.74. The number of hydrogen-bond donors (Lipinski definition) is 0. The van der Waals surface area contributed by atoms with Gasteiger partial charge in [0.25, 0.3) is 0 Å². The number of benzene rings is 1. The van der Waals surface area contributed by atoms with Crippen LogP contribution in [0.15, 0.2) is 40.1 Å². The number of allylic oxidation sites excluding steroid dienone is 1. The van der Waals surface area contributed by atoms with Gasteiger partial charge in [-0.1, -0.05) is 23.7 Å². The Kier molecular flexibility index (Phi) is 5.22. The van der Waals surface area contributed by atoms with Crippen LogP contribution in [-0.2, 0) is 6.61 Å². The van der Waals surface area contributed by atoms with Crippen molar-refractivity contribution in [1.82, 2.24) is 4.98 Å². The summed E-state index contributed by atoms with van der Waals surface area (Å²) >= 11 is 7.59. The minimum atomic E-state index is 0.261. The van der Waals surface area contributed by atoms with Crippen LogP contribution in [0.1, 0.15) is 27.8 Å². The summed E-state index contributed by atoms with van der Waals surface area (Å²) < 4.78 is 11.5. The van der Waals surface area contributed by atoms with Crippen molar-refractivity contribution in [3.05, 3.63) is 68.5 Å². The van der Waals surface area contributed by atoms with Crippen molar-refractivity contribution in [1.29, 1.82) is 5.26 Å². The second kappa shape index (κ2) is 7.56. The lowest BCUT2D eigenvalue weighted by atomic mass is 10.2. The molecular formula is C19H15ClN2O2S. The Bertz CT molecular complexity index is 946. The fourth-order valence-electron chi connectivity index (χ4n) is 2.25. The molecule has 1 aromatic carbocycles. The molecule has 0 aliphatic carbocycles. The van der Waals surface area contributed by atoms with Crippen LogP contribution in [0, 0.1) is 25.2 Å². The lowest BCUT2D eigenvalue weighted by molar-refractivity contribution is 0.268. The van der Waals surface area contributed by atoms with Crippen LogP contribution in [0.4, 0.5) is 0 Å². The summed E-state index contributed by atoms with van der Waals surface area (Å²) in [5.41, 5.74) is 2.33. The van der Waals surface area contributed by atoms with E-state index in [9.17, 15) is 5.26 Å². The predicted octanol–water partition coefficient (Wildman–Crippen LogP) is 5.65. The highest BCUT2D eigenvalue weighted by Gasteiger charge is 2.09. The van der Waals surface area contributed by atoms with E-state index >= 15 is 0 Å². The summed E-state index contributed by atoms with van der Waals surface area (Å²) in [6, 6.07) is 11.4. The number of halogens is 1. The van der Waals surface area contributed by atoms with Crippen LogP contribution in [0.5, 0.6) is 5.75 Å². The molecule has 3 aromatic rings. The van der Waals surface area contributed by atoms with E-state index in [0.29, 0.717) is 32.9 Å². The number of aromatic nitrogens is 1. The molecule has 6 heteroatoms. The van der Waals surface area contributed by atoms with Gasteiger partial charge in [0.1, 0.15) is 35.0 Å². The van der Waals surface area contributed by atoms with E-state index in [4.69, 9.17) is 20.8 Å². The van der Waals surface area contributed by atoms with Crippen molar-refractivity contribution in [3.8, 4) is 11.8 Å². The molecular weight excluding hydrogens is 356 g/mol. The van der Waals surface area contributed by atoms with Crippen LogP contribution in [0.2, 0.25) is 5.02 Å². The molecule has 25 heavy (non-hydrogen) atoms. The number of hydrogen-bond acceptors (Lipinski definition) is 5. The normalized spacial score (nSPS) is 11.4. The summed E-state index contributed by atoms with van der Waals surface area (Å²) in [5, 5.41) is 12.5. The van der Waals surface area contributed by atoms with Gasteiger partial charge >= 0.3 is 0 Å². The van der Waals surface area contributed by atoms with Crippen LogP contribution in [0.25, 0.3) is 11.6 Å². The number of nitrogens with zero attached hydrogens (tertiary/aromatic N) is 2. The largest absolute Gasteiger partial charge is 0.484 e. The number of para-hydroxylation sites is 1. The Hall–Kier alpha value is -2.55. The van der Waals surface area contributed by atoms with Crippen molar-refractivity contribution in [2.75, 3.05) is 0 Å². The van der Waals surface area contributed by atoms with E-state index < -0.39 is 0 Å². The lowest BCUT2D eigenvalue weighted by Crippen LogP contribution is -1.96. The zero-order valence-corrected chi connectivity index (χ0v) is 15.3. The molecule has 0 atom stereocenters. The highest BCUT2D eigenvalue weighted by atomic mass is 35.5. The molecule has 0 saturated heterocycles. The number of rotatable bonds is 5. The maximum Gasteiger partial charge on any atom is 0.146 e. The Morgan fingerprint density at radius 2 is 2.20 bits per heavy atom. The van der Waals surface area contributed by atoms with E-state index in [1.807, 2.05) is 37.4 Å². The summed E-state index contributed by atoms with van der Waals surface area (Å²) in [5.74, 6) is 1.88. The second-order valence-electron chi connectivity index (χ2n) is 5.44. The minimum Gasteiger partial charge on any atom is -0.484 e. The third kappa shape index (κ3) is 4.11. The summed E-state index contributed by atoms with van der Waals surface area (Å²) in [4.78, 5) is 4.33.